The predicted molar refractivity (Wildman–Crippen MR) is 158 cm³/mol. The largest absolute Gasteiger partial charge is 0.497 e. The van der Waals surface area contributed by atoms with E-state index in [-0.39, 0.29) is 23.0 Å². The maximum atomic E-state index is 14.1. The number of methoxy groups -OCH3 is 1. The molecule has 0 unspecified atom stereocenters. The number of anilines is 1. The summed E-state index contributed by atoms with van der Waals surface area (Å²) >= 11 is 6.43. The molecule has 0 heterocycles. The van der Waals surface area contributed by atoms with Crippen molar-refractivity contribution in [2.45, 2.75) is 57.1 Å². The van der Waals surface area contributed by atoms with Crippen LogP contribution in [0.3, 0.4) is 0 Å². The van der Waals surface area contributed by atoms with E-state index < -0.39 is 34.1 Å². The average molecular weight is 586 g/mol. The molecular formula is C30H36ClN3O5S. The van der Waals surface area contributed by atoms with Crippen LogP contribution in [0.15, 0.2) is 83.8 Å². The third-order valence-electron chi connectivity index (χ3n) is 6.15. The average Bonchev–Trinajstić information content (AvgIpc) is 2.92. The maximum Gasteiger partial charge on any atom is 0.264 e. The van der Waals surface area contributed by atoms with Gasteiger partial charge in [-0.2, -0.15) is 0 Å². The van der Waals surface area contributed by atoms with E-state index >= 15 is 0 Å². The fraction of sp³-hybridized carbons (Fsp3) is 0.333. The summed E-state index contributed by atoms with van der Waals surface area (Å²) in [5, 5.41) is 3.39. The quantitative estimate of drug-likeness (QED) is 0.331. The normalized spacial score (nSPS) is 12.3. The molecule has 3 aromatic carbocycles. The molecular weight excluding hydrogens is 550 g/mol. The van der Waals surface area contributed by atoms with Gasteiger partial charge in [0, 0.05) is 17.1 Å². The lowest BCUT2D eigenvalue weighted by atomic mass is 10.1. The van der Waals surface area contributed by atoms with Gasteiger partial charge >= 0.3 is 0 Å². The highest BCUT2D eigenvalue weighted by atomic mass is 35.5. The zero-order valence-electron chi connectivity index (χ0n) is 23.4. The summed E-state index contributed by atoms with van der Waals surface area (Å²) in [7, 11) is -2.64. The molecule has 0 fully saturated rings. The highest BCUT2D eigenvalue weighted by Crippen LogP contribution is 2.27. The van der Waals surface area contributed by atoms with Gasteiger partial charge in [-0.15, -0.1) is 0 Å². The number of halogens is 1. The van der Waals surface area contributed by atoms with E-state index in [2.05, 4.69) is 5.32 Å². The topological polar surface area (TPSA) is 96.0 Å². The summed E-state index contributed by atoms with van der Waals surface area (Å²) in [6, 6.07) is 20.5. The first-order valence-corrected chi connectivity index (χ1v) is 14.8. The van der Waals surface area contributed by atoms with E-state index in [1.54, 1.807) is 66.7 Å². The first-order valence-electron chi connectivity index (χ1n) is 12.9. The number of carbonyl (C=O) groups is 2. The molecule has 0 saturated carbocycles. The second-order valence-corrected chi connectivity index (χ2v) is 12.6. The standard InChI is InChI=1S/C30H36ClN3O5S/c1-6-27(29(36)32-30(2,3)4)33(20-22-12-10-11-15-26(22)31)28(35)21-34(23-16-18-24(39-5)19-17-23)40(37,38)25-13-8-7-9-14-25/h7-19,27H,6,20-21H2,1-5H3,(H,32,36)/t27-/m1/s1. The Labute approximate surface area is 241 Å². The minimum Gasteiger partial charge on any atom is -0.497 e. The van der Waals surface area contributed by atoms with E-state index in [9.17, 15) is 18.0 Å². The SMILES string of the molecule is CC[C@H](C(=O)NC(C)(C)C)N(Cc1ccccc1Cl)C(=O)CN(c1ccc(OC)cc1)S(=O)(=O)c1ccccc1. The van der Waals surface area contributed by atoms with Gasteiger partial charge < -0.3 is 15.0 Å². The molecule has 0 radical (unpaired) electrons. The zero-order valence-corrected chi connectivity index (χ0v) is 25.0. The minimum atomic E-state index is -4.15. The van der Waals surface area contributed by atoms with Crippen LogP contribution >= 0.6 is 11.6 Å². The third kappa shape index (κ3) is 7.76. The number of rotatable bonds is 11. The Morgan fingerprint density at radius 3 is 2.10 bits per heavy atom. The second-order valence-electron chi connectivity index (χ2n) is 10.3. The molecule has 3 aromatic rings. The molecule has 0 aliphatic carbocycles. The van der Waals surface area contributed by atoms with Crippen LogP contribution in [0, 0.1) is 0 Å². The van der Waals surface area contributed by atoms with Gasteiger partial charge in [0.05, 0.1) is 17.7 Å². The van der Waals surface area contributed by atoms with E-state index in [0.717, 1.165) is 4.31 Å². The van der Waals surface area contributed by atoms with Gasteiger partial charge in [0.2, 0.25) is 11.8 Å². The molecule has 8 nitrogen and oxygen atoms in total. The molecule has 10 heteroatoms. The summed E-state index contributed by atoms with van der Waals surface area (Å²) < 4.78 is 34.0. The molecule has 0 saturated heterocycles. The first-order chi connectivity index (χ1) is 18.9. The molecule has 2 amide bonds. The van der Waals surface area contributed by atoms with Crippen molar-refractivity contribution in [1.29, 1.82) is 0 Å². The lowest BCUT2D eigenvalue weighted by Gasteiger charge is -2.35. The summed E-state index contributed by atoms with van der Waals surface area (Å²) in [6.07, 6.45) is 0.312. The second kappa shape index (κ2) is 13.2. The van der Waals surface area contributed by atoms with Crippen molar-refractivity contribution in [3.8, 4) is 5.75 Å². The summed E-state index contributed by atoms with van der Waals surface area (Å²) in [6.45, 7) is 6.87. The van der Waals surface area contributed by atoms with Crippen molar-refractivity contribution in [1.82, 2.24) is 10.2 Å². The van der Waals surface area contributed by atoms with Gasteiger partial charge in [-0.3, -0.25) is 13.9 Å². The first kappa shape index (κ1) is 31.0. The lowest BCUT2D eigenvalue weighted by Crippen LogP contribution is -2.55. The number of carbonyl (C=O) groups excluding carboxylic acids is 2. The Morgan fingerprint density at radius 2 is 1.55 bits per heavy atom. The minimum absolute atomic E-state index is 0.0242. The molecule has 0 aliphatic heterocycles. The maximum absolute atomic E-state index is 14.1. The third-order valence-corrected chi connectivity index (χ3v) is 8.31. The number of ether oxygens (including phenoxy) is 1. The molecule has 3 rings (SSSR count). The zero-order chi connectivity index (χ0) is 29.5. The Balaban J connectivity index is 2.07. The van der Waals surface area contributed by atoms with Gasteiger partial charge in [-0.25, -0.2) is 8.42 Å². The Hall–Kier alpha value is -3.56. The van der Waals surface area contributed by atoms with Gasteiger partial charge in [-0.05, 0) is 75.2 Å². The number of nitrogens with one attached hydrogen (secondary N) is 1. The monoisotopic (exact) mass is 585 g/mol. The number of hydrogen-bond acceptors (Lipinski definition) is 5. The van der Waals surface area contributed by atoms with Crippen molar-refractivity contribution >= 4 is 39.1 Å². The van der Waals surface area contributed by atoms with Gasteiger partial charge in [0.1, 0.15) is 18.3 Å². The Kier molecular flexibility index (Phi) is 10.2. The molecule has 0 aromatic heterocycles. The van der Waals surface area contributed by atoms with Crippen LogP contribution in [0.5, 0.6) is 5.75 Å². The smallest absolute Gasteiger partial charge is 0.264 e. The number of amides is 2. The van der Waals surface area contributed by atoms with Crippen LogP contribution in [0.2, 0.25) is 5.02 Å². The summed E-state index contributed by atoms with van der Waals surface area (Å²) in [5.74, 6) is -0.346. The summed E-state index contributed by atoms with van der Waals surface area (Å²) in [4.78, 5) is 28.9. The van der Waals surface area contributed by atoms with Crippen molar-refractivity contribution in [3.63, 3.8) is 0 Å². The number of sulfonamides is 1. The van der Waals surface area contributed by atoms with Crippen LogP contribution in [-0.4, -0.2) is 50.4 Å². The van der Waals surface area contributed by atoms with E-state index in [1.807, 2.05) is 27.7 Å². The van der Waals surface area contributed by atoms with Gasteiger partial charge in [0.25, 0.3) is 10.0 Å². The van der Waals surface area contributed by atoms with Crippen molar-refractivity contribution in [3.05, 3.63) is 89.4 Å². The van der Waals surface area contributed by atoms with Crippen molar-refractivity contribution in [2.75, 3.05) is 18.0 Å². The fourth-order valence-electron chi connectivity index (χ4n) is 4.18. The van der Waals surface area contributed by atoms with E-state index in [1.165, 1.54) is 24.1 Å². The molecule has 1 N–H and O–H groups in total. The van der Waals surface area contributed by atoms with Crippen LogP contribution in [0.25, 0.3) is 0 Å². The number of nitrogens with zero attached hydrogens (tertiary/aromatic N) is 2. The van der Waals surface area contributed by atoms with Crippen LogP contribution in [0.1, 0.15) is 39.7 Å². The summed E-state index contributed by atoms with van der Waals surface area (Å²) in [5.41, 5.74) is 0.388. The van der Waals surface area contributed by atoms with Gasteiger partial charge in [-0.1, -0.05) is 54.9 Å². The number of hydrogen-bond donors (Lipinski definition) is 1. The molecule has 1 atom stereocenters. The van der Waals surface area contributed by atoms with E-state index in [0.29, 0.717) is 22.8 Å². The molecule has 0 spiro atoms. The lowest BCUT2D eigenvalue weighted by molar-refractivity contribution is -0.141. The van der Waals surface area contributed by atoms with Crippen LogP contribution in [0.4, 0.5) is 5.69 Å². The highest BCUT2D eigenvalue weighted by molar-refractivity contribution is 7.92. The van der Waals surface area contributed by atoms with Crippen molar-refractivity contribution in [2.24, 2.45) is 0 Å². The van der Waals surface area contributed by atoms with Crippen LogP contribution in [-0.2, 0) is 26.2 Å². The fourth-order valence-corrected chi connectivity index (χ4v) is 5.81. The molecule has 0 aliphatic rings. The highest BCUT2D eigenvalue weighted by Gasteiger charge is 2.34. The van der Waals surface area contributed by atoms with Crippen LogP contribution < -0.4 is 14.4 Å². The Bertz CT molecular complexity index is 1410. The Morgan fingerprint density at radius 1 is 0.950 bits per heavy atom. The predicted octanol–water partition coefficient (Wildman–Crippen LogP) is 5.27. The van der Waals surface area contributed by atoms with Gasteiger partial charge in [0.15, 0.2) is 0 Å². The number of benzene rings is 3. The molecule has 0 bridgehead atoms. The van der Waals surface area contributed by atoms with Crippen molar-refractivity contribution < 1.29 is 22.7 Å². The molecule has 214 valence electrons. The van der Waals surface area contributed by atoms with E-state index in [4.69, 9.17) is 16.3 Å². The molecule has 40 heavy (non-hydrogen) atoms.